The van der Waals surface area contributed by atoms with Crippen LogP contribution in [0.25, 0.3) is 0 Å². The van der Waals surface area contributed by atoms with E-state index in [2.05, 4.69) is 26.6 Å². The number of hydrogen-bond acceptors (Lipinski definition) is 7. The van der Waals surface area contributed by atoms with Gasteiger partial charge in [-0.3, -0.25) is 28.8 Å². The molecule has 1 aromatic rings. The zero-order valence-electron chi connectivity index (χ0n) is 30.1. The Kier molecular flexibility index (Phi) is 23.0. The van der Waals surface area contributed by atoms with Crippen molar-refractivity contribution in [2.45, 2.75) is 143 Å². The van der Waals surface area contributed by atoms with Crippen molar-refractivity contribution in [3.8, 4) is 0 Å². The SMILES string of the molecule is C.CCC[C@H](NC(=O)[C@@H](NC(=O)CCCC(=O)O)[C@H](C)CC)C(=O)N[C@@H](CC(C)C)[C@@H](O)CC(=O)N[C@@H](CCc1ccccc1)C(=O)NCC. The van der Waals surface area contributed by atoms with E-state index in [-0.39, 0.29) is 57.3 Å². The molecule has 0 spiro atoms. The van der Waals surface area contributed by atoms with Gasteiger partial charge in [0.15, 0.2) is 0 Å². The molecule has 13 nitrogen and oxygen atoms in total. The number of likely N-dealkylation sites (N-methyl/N-ethyl adjacent to an activating group) is 1. The lowest BCUT2D eigenvalue weighted by Crippen LogP contribution is -2.57. The first-order valence-electron chi connectivity index (χ1n) is 17.6. The molecule has 284 valence electrons. The minimum Gasteiger partial charge on any atom is -0.481 e. The molecule has 0 bridgehead atoms. The molecule has 1 rings (SSSR count). The highest BCUT2D eigenvalue weighted by molar-refractivity contribution is 5.92. The third-order valence-corrected chi connectivity index (χ3v) is 8.30. The molecule has 7 N–H and O–H groups in total. The number of hydrogen-bond donors (Lipinski definition) is 7. The van der Waals surface area contributed by atoms with Gasteiger partial charge in [-0.1, -0.05) is 85.2 Å². The Morgan fingerprint density at radius 2 is 1.40 bits per heavy atom. The van der Waals surface area contributed by atoms with Gasteiger partial charge in [-0.2, -0.15) is 0 Å². The monoisotopic (exact) mass is 705 g/mol. The Bertz CT molecular complexity index is 1200. The van der Waals surface area contributed by atoms with E-state index in [9.17, 15) is 33.9 Å². The van der Waals surface area contributed by atoms with E-state index in [0.29, 0.717) is 38.6 Å². The fourth-order valence-electron chi connectivity index (χ4n) is 5.38. The molecule has 0 saturated heterocycles. The second kappa shape index (κ2) is 25.0. The molecule has 0 unspecified atom stereocenters. The molecule has 0 fully saturated rings. The number of aliphatic hydroxyl groups excluding tert-OH is 1. The molecule has 0 heterocycles. The van der Waals surface area contributed by atoms with Gasteiger partial charge in [0.25, 0.3) is 0 Å². The van der Waals surface area contributed by atoms with Crippen LogP contribution in [0.1, 0.15) is 112 Å². The summed E-state index contributed by atoms with van der Waals surface area (Å²) in [7, 11) is 0. The van der Waals surface area contributed by atoms with Crippen LogP contribution in [0.5, 0.6) is 0 Å². The molecular weight excluding hydrogens is 642 g/mol. The molecule has 50 heavy (non-hydrogen) atoms. The van der Waals surface area contributed by atoms with E-state index in [4.69, 9.17) is 5.11 Å². The quantitative estimate of drug-likeness (QED) is 0.0849. The second-order valence-electron chi connectivity index (χ2n) is 13.1. The number of benzene rings is 1. The Balaban J connectivity index is 0.0000240. The number of carbonyl (C=O) groups is 6. The van der Waals surface area contributed by atoms with Gasteiger partial charge in [-0.25, -0.2) is 0 Å². The zero-order valence-corrected chi connectivity index (χ0v) is 30.1. The Hall–Kier alpha value is -4.00. The fourth-order valence-corrected chi connectivity index (χ4v) is 5.38. The highest BCUT2D eigenvalue weighted by Gasteiger charge is 2.32. The third-order valence-electron chi connectivity index (χ3n) is 8.30. The van der Waals surface area contributed by atoms with Crippen LogP contribution in [0.2, 0.25) is 0 Å². The minimum atomic E-state index is -1.27. The van der Waals surface area contributed by atoms with E-state index in [1.54, 1.807) is 13.8 Å². The van der Waals surface area contributed by atoms with Crippen LogP contribution in [-0.4, -0.2) is 82.5 Å². The molecule has 0 aliphatic carbocycles. The van der Waals surface area contributed by atoms with E-state index in [1.165, 1.54) is 0 Å². The van der Waals surface area contributed by atoms with Crippen molar-refractivity contribution in [1.82, 2.24) is 26.6 Å². The number of nitrogens with one attached hydrogen (secondary N) is 5. The van der Waals surface area contributed by atoms with Crippen LogP contribution in [0.3, 0.4) is 0 Å². The van der Waals surface area contributed by atoms with Crippen LogP contribution in [0, 0.1) is 11.8 Å². The lowest BCUT2D eigenvalue weighted by atomic mass is 9.95. The van der Waals surface area contributed by atoms with Crippen LogP contribution in [0.4, 0.5) is 0 Å². The van der Waals surface area contributed by atoms with Crippen molar-refractivity contribution >= 4 is 35.5 Å². The number of carbonyl (C=O) groups excluding carboxylic acids is 5. The van der Waals surface area contributed by atoms with E-state index < -0.39 is 59.9 Å². The van der Waals surface area contributed by atoms with E-state index in [0.717, 1.165) is 5.56 Å². The van der Waals surface area contributed by atoms with Crippen molar-refractivity contribution in [3.63, 3.8) is 0 Å². The van der Waals surface area contributed by atoms with Gasteiger partial charge in [0.1, 0.15) is 18.1 Å². The molecule has 0 radical (unpaired) electrons. The van der Waals surface area contributed by atoms with Crippen molar-refractivity contribution in [3.05, 3.63) is 35.9 Å². The van der Waals surface area contributed by atoms with Crippen molar-refractivity contribution in [1.29, 1.82) is 0 Å². The van der Waals surface area contributed by atoms with E-state index >= 15 is 0 Å². The predicted molar refractivity (Wildman–Crippen MR) is 194 cm³/mol. The molecule has 1 aromatic carbocycles. The van der Waals surface area contributed by atoms with Gasteiger partial charge in [0, 0.05) is 19.4 Å². The maximum atomic E-state index is 13.6. The fraction of sp³-hybridized carbons (Fsp3) is 0.676. The molecule has 0 saturated carbocycles. The van der Waals surface area contributed by atoms with Gasteiger partial charge in [0.05, 0.1) is 18.6 Å². The summed E-state index contributed by atoms with van der Waals surface area (Å²) in [4.78, 5) is 76.2. The normalized spacial score (nSPS) is 14.5. The number of rotatable bonds is 24. The Labute approximate surface area is 298 Å². The van der Waals surface area contributed by atoms with Gasteiger partial charge >= 0.3 is 5.97 Å². The number of aryl methyl sites for hydroxylation is 1. The first-order valence-corrected chi connectivity index (χ1v) is 17.6. The molecule has 0 aromatic heterocycles. The lowest BCUT2D eigenvalue weighted by Gasteiger charge is -2.30. The maximum absolute atomic E-state index is 13.6. The van der Waals surface area contributed by atoms with Gasteiger partial charge < -0.3 is 36.8 Å². The largest absolute Gasteiger partial charge is 0.481 e. The van der Waals surface area contributed by atoms with Gasteiger partial charge in [0.2, 0.25) is 29.5 Å². The molecule has 6 atom stereocenters. The molecule has 0 aliphatic heterocycles. The predicted octanol–water partition coefficient (Wildman–Crippen LogP) is 3.23. The Morgan fingerprint density at radius 3 is 1.96 bits per heavy atom. The summed E-state index contributed by atoms with van der Waals surface area (Å²) in [5.41, 5.74) is 1.02. The maximum Gasteiger partial charge on any atom is 0.303 e. The summed E-state index contributed by atoms with van der Waals surface area (Å²) in [5.74, 6) is -3.61. The highest BCUT2D eigenvalue weighted by Crippen LogP contribution is 2.14. The molecule has 13 heteroatoms. The van der Waals surface area contributed by atoms with E-state index in [1.807, 2.05) is 58.0 Å². The van der Waals surface area contributed by atoms with Crippen LogP contribution < -0.4 is 26.6 Å². The average Bonchev–Trinajstić information content (AvgIpc) is 3.04. The molecule has 0 aliphatic rings. The topological polar surface area (TPSA) is 203 Å². The number of aliphatic carboxylic acids is 1. The summed E-state index contributed by atoms with van der Waals surface area (Å²) < 4.78 is 0. The standard InChI is InChI=1S/C36H59N5O8.CH4/c1-7-14-26(39-36(49)33(24(6)8-2)41-30(43)17-13-18-32(45)46)35(48)40-28(21-23(4)5)29(42)22-31(44)38-27(34(47)37-9-3)20-19-25-15-11-10-12-16-25;/h10-12,15-16,23-24,26-29,33,42H,7-9,13-14,17-22H2,1-6H3,(H,37,47)(H,38,44)(H,39,49)(H,40,48)(H,41,43)(H,45,46);1H4/t24-,26+,27+,28+,29+,33+;/m1./s1. The van der Waals surface area contributed by atoms with Crippen LogP contribution in [0.15, 0.2) is 30.3 Å². The smallest absolute Gasteiger partial charge is 0.303 e. The molecule has 5 amide bonds. The van der Waals surface area contributed by atoms with Crippen molar-refractivity contribution < 1.29 is 39.0 Å². The van der Waals surface area contributed by atoms with Crippen LogP contribution in [-0.2, 0) is 35.2 Å². The first-order chi connectivity index (χ1) is 23.2. The second-order valence-corrected chi connectivity index (χ2v) is 13.1. The average molecular weight is 706 g/mol. The lowest BCUT2D eigenvalue weighted by molar-refractivity contribution is -0.137. The third kappa shape index (κ3) is 18.1. The van der Waals surface area contributed by atoms with Crippen molar-refractivity contribution in [2.24, 2.45) is 11.8 Å². The highest BCUT2D eigenvalue weighted by atomic mass is 16.4. The summed E-state index contributed by atoms with van der Waals surface area (Å²) in [5, 5.41) is 33.8. The summed E-state index contributed by atoms with van der Waals surface area (Å²) in [6, 6.07) is 6.06. The van der Waals surface area contributed by atoms with Gasteiger partial charge in [-0.15, -0.1) is 0 Å². The number of aliphatic hydroxyl groups is 1. The Morgan fingerprint density at radius 1 is 0.760 bits per heavy atom. The van der Waals surface area contributed by atoms with Crippen LogP contribution >= 0.6 is 0 Å². The summed E-state index contributed by atoms with van der Waals surface area (Å²) >= 11 is 0. The molecular formula is C37H63N5O8. The van der Waals surface area contributed by atoms with Crippen molar-refractivity contribution in [2.75, 3.05) is 6.54 Å². The zero-order chi connectivity index (χ0) is 36.9. The van der Waals surface area contributed by atoms with Gasteiger partial charge in [-0.05, 0) is 56.4 Å². The summed E-state index contributed by atoms with van der Waals surface area (Å²) in [6.45, 7) is 11.5. The number of carboxylic acids is 1. The number of carboxylic acid groups (broad SMARTS) is 1. The summed E-state index contributed by atoms with van der Waals surface area (Å²) in [6.07, 6.45) is 0.977. The number of amides is 5. The first kappa shape index (κ1) is 46.0. The minimum absolute atomic E-state index is 0.